The summed E-state index contributed by atoms with van der Waals surface area (Å²) in [5.41, 5.74) is 0. The Morgan fingerprint density at radius 2 is 1.41 bits per heavy atom. The zero-order valence-electron chi connectivity index (χ0n) is 8.57. The van der Waals surface area contributed by atoms with E-state index in [0.717, 1.165) is 0 Å². The van der Waals surface area contributed by atoms with Gasteiger partial charge < -0.3 is 0 Å². The van der Waals surface area contributed by atoms with Gasteiger partial charge in [0.25, 0.3) is 0 Å². The minimum absolute atomic E-state index is 0.195. The number of nitrogens with zero attached hydrogens (tertiary/aromatic N) is 4. The Kier molecular flexibility index (Phi) is 3.42. The van der Waals surface area contributed by atoms with Crippen LogP contribution >= 0.6 is 23.6 Å². The molecule has 0 aliphatic carbocycles. The van der Waals surface area contributed by atoms with E-state index >= 15 is 0 Å². The van der Waals surface area contributed by atoms with Crippen molar-refractivity contribution >= 4 is 46.6 Å². The Bertz CT molecular complexity index is 433. The van der Waals surface area contributed by atoms with Crippen LogP contribution in [0.4, 0.5) is 0 Å². The third kappa shape index (κ3) is 3.35. The van der Waals surface area contributed by atoms with Gasteiger partial charge in [0.05, 0.1) is 13.1 Å². The van der Waals surface area contributed by atoms with Crippen LogP contribution in [-0.2, 0) is 19.0 Å². The van der Waals surface area contributed by atoms with Gasteiger partial charge in [-0.25, -0.2) is 9.98 Å². The van der Waals surface area contributed by atoms with Crippen molar-refractivity contribution in [3.8, 4) is 0 Å². The van der Waals surface area contributed by atoms with E-state index in [1.807, 2.05) is 0 Å². The van der Waals surface area contributed by atoms with Gasteiger partial charge in [0.2, 0.25) is 36.2 Å². The van der Waals surface area contributed by atoms with Crippen molar-refractivity contribution in [2.75, 3.05) is 26.2 Å². The van der Waals surface area contributed by atoms with E-state index in [9.17, 15) is 8.42 Å². The fourth-order valence-electron chi connectivity index (χ4n) is 1.29. The molecule has 0 spiro atoms. The molecular formula is C6H10Cl2N4O4S+2. The van der Waals surface area contributed by atoms with Gasteiger partial charge in [-0.1, -0.05) is 0 Å². The second-order valence-corrected chi connectivity index (χ2v) is 5.71. The van der Waals surface area contributed by atoms with Crippen LogP contribution < -0.4 is 0 Å². The summed E-state index contributed by atoms with van der Waals surface area (Å²) in [4.78, 5) is 7.55. The molecule has 0 saturated carbocycles. The topological polar surface area (TPSA) is 77.3 Å². The van der Waals surface area contributed by atoms with Crippen molar-refractivity contribution in [3.05, 3.63) is 0 Å². The molecule has 96 valence electrons. The van der Waals surface area contributed by atoms with Crippen molar-refractivity contribution in [1.29, 1.82) is 0 Å². The molecule has 0 bridgehead atoms. The minimum Gasteiger partial charge on any atom is -0.231 e. The summed E-state index contributed by atoms with van der Waals surface area (Å²) >= 11 is 11.6. The molecule has 8 nitrogen and oxygen atoms in total. The molecule has 0 aromatic carbocycles. The fourth-order valence-corrected chi connectivity index (χ4v) is 2.84. The Hall–Kier alpha value is -0.290. The van der Waals surface area contributed by atoms with Crippen molar-refractivity contribution in [2.45, 2.75) is 0 Å². The van der Waals surface area contributed by atoms with Crippen molar-refractivity contribution in [2.24, 2.45) is 9.98 Å². The maximum absolute atomic E-state index is 11.6. The van der Waals surface area contributed by atoms with Crippen LogP contribution in [0.25, 0.3) is 0 Å². The third-order valence-corrected chi connectivity index (χ3v) is 3.72. The summed E-state index contributed by atoms with van der Waals surface area (Å²) < 4.78 is 30.9. The molecule has 2 rings (SSSR count). The third-order valence-electron chi connectivity index (χ3n) is 2.01. The standard InChI is InChI=1S/C6H10Cl2N4O4S/c7-11(3-1-9-5-11)15-17(13,14)16-12(8)4-2-10-6-12/h5-6H,1-4H2/q+2. The van der Waals surface area contributed by atoms with E-state index in [1.54, 1.807) is 0 Å². The van der Waals surface area contributed by atoms with E-state index in [1.165, 1.54) is 12.7 Å². The Morgan fingerprint density at radius 1 is 1.00 bits per heavy atom. The van der Waals surface area contributed by atoms with Gasteiger partial charge in [0.1, 0.15) is 0 Å². The summed E-state index contributed by atoms with van der Waals surface area (Å²) in [7, 11) is -4.37. The number of aliphatic imine (C=N–C) groups is 2. The quantitative estimate of drug-likeness (QED) is 0.691. The van der Waals surface area contributed by atoms with Gasteiger partial charge >= 0.3 is 10.4 Å². The SMILES string of the molecule is O=S(=O)(O[N+]1(Cl)C=NCC1)O[N+]1(Cl)C=NCC1. The first kappa shape index (κ1) is 13.1. The van der Waals surface area contributed by atoms with Gasteiger partial charge in [0, 0.05) is 0 Å². The van der Waals surface area contributed by atoms with Crippen molar-refractivity contribution < 1.29 is 25.3 Å². The number of hydrogen-bond acceptors (Lipinski definition) is 6. The molecule has 0 radical (unpaired) electrons. The highest BCUT2D eigenvalue weighted by Crippen LogP contribution is 2.23. The van der Waals surface area contributed by atoms with Crippen LogP contribution in [0.3, 0.4) is 0 Å². The highest BCUT2D eigenvalue weighted by Gasteiger charge is 2.45. The number of halogens is 2. The van der Waals surface area contributed by atoms with Crippen molar-refractivity contribution in [3.63, 3.8) is 0 Å². The molecule has 0 saturated heterocycles. The number of hydrogen-bond donors (Lipinski definition) is 0. The van der Waals surface area contributed by atoms with Crippen LogP contribution in [0.15, 0.2) is 9.98 Å². The first-order valence-electron chi connectivity index (χ1n) is 4.67. The highest BCUT2D eigenvalue weighted by atomic mass is 35.5. The number of hydroxylamine groups is 4. The number of rotatable bonds is 4. The van der Waals surface area contributed by atoms with Gasteiger partial charge in [-0.3, -0.25) is 0 Å². The molecule has 2 aliphatic rings. The Balaban J connectivity index is 2.04. The first-order valence-corrected chi connectivity index (χ1v) is 6.68. The average molecular weight is 305 g/mol. The van der Waals surface area contributed by atoms with Crippen LogP contribution in [0, 0.1) is 0 Å². The highest BCUT2D eigenvalue weighted by molar-refractivity contribution is 7.81. The molecular weight excluding hydrogens is 295 g/mol. The zero-order chi connectivity index (χ0) is 12.6. The molecule has 2 heterocycles. The second kappa shape index (κ2) is 4.43. The predicted octanol–water partition coefficient (Wildman–Crippen LogP) is 0.119. The maximum atomic E-state index is 11.6. The van der Waals surface area contributed by atoms with Crippen LogP contribution in [0.2, 0.25) is 0 Å². The normalized spacial score (nSPS) is 36.8. The number of quaternary nitrogens is 2. The second-order valence-electron chi connectivity index (χ2n) is 3.45. The van der Waals surface area contributed by atoms with E-state index in [-0.39, 0.29) is 13.1 Å². The minimum atomic E-state index is -4.37. The molecule has 0 aromatic rings. The van der Waals surface area contributed by atoms with Crippen LogP contribution in [-0.4, -0.2) is 55.6 Å². The molecule has 0 aromatic heterocycles. The van der Waals surface area contributed by atoms with E-state index in [4.69, 9.17) is 23.6 Å². The molecule has 0 fully saturated rings. The van der Waals surface area contributed by atoms with Crippen LogP contribution in [0.1, 0.15) is 0 Å². The lowest BCUT2D eigenvalue weighted by Gasteiger charge is -2.18. The first-order chi connectivity index (χ1) is 7.83. The Labute approximate surface area is 108 Å². The van der Waals surface area contributed by atoms with E-state index < -0.39 is 18.7 Å². The Morgan fingerprint density at radius 3 is 1.71 bits per heavy atom. The summed E-state index contributed by atoms with van der Waals surface area (Å²) in [6.07, 6.45) is 2.33. The predicted molar refractivity (Wildman–Crippen MR) is 59.8 cm³/mol. The molecule has 0 amide bonds. The lowest BCUT2D eigenvalue weighted by molar-refractivity contribution is -0.922. The lowest BCUT2D eigenvalue weighted by atomic mass is 10.7. The van der Waals surface area contributed by atoms with Crippen LogP contribution in [0.5, 0.6) is 0 Å². The summed E-state index contributed by atoms with van der Waals surface area (Å²) in [6.45, 7) is 1.14. The largest absolute Gasteiger partial charge is 0.494 e. The molecule has 2 aliphatic heterocycles. The molecule has 2 atom stereocenters. The smallest absolute Gasteiger partial charge is 0.231 e. The van der Waals surface area contributed by atoms with Gasteiger partial charge in [0.15, 0.2) is 13.1 Å². The summed E-state index contributed by atoms with van der Waals surface area (Å²) in [5.74, 6) is 0. The maximum Gasteiger partial charge on any atom is 0.494 e. The zero-order valence-corrected chi connectivity index (χ0v) is 10.9. The molecule has 2 unspecified atom stereocenters. The average Bonchev–Trinajstić information content (AvgIpc) is 2.73. The molecule has 0 N–H and O–H groups in total. The van der Waals surface area contributed by atoms with Gasteiger partial charge in [-0.05, 0) is 16.9 Å². The molecule has 17 heavy (non-hydrogen) atoms. The fraction of sp³-hybridized carbons (Fsp3) is 0.667. The van der Waals surface area contributed by atoms with Gasteiger partial charge in [-0.2, -0.15) is 8.42 Å². The van der Waals surface area contributed by atoms with Gasteiger partial charge in [-0.15, -0.1) is 0 Å². The van der Waals surface area contributed by atoms with E-state index in [2.05, 4.69) is 18.6 Å². The van der Waals surface area contributed by atoms with E-state index in [0.29, 0.717) is 13.1 Å². The monoisotopic (exact) mass is 304 g/mol. The molecule has 11 heteroatoms. The lowest BCUT2D eigenvalue weighted by Crippen LogP contribution is -2.43. The summed E-state index contributed by atoms with van der Waals surface area (Å²) in [5, 5.41) is 0. The van der Waals surface area contributed by atoms with Crippen molar-refractivity contribution in [1.82, 2.24) is 0 Å². The summed E-state index contributed by atoms with van der Waals surface area (Å²) in [6, 6.07) is 0.